The number of hydrogen-bond acceptors (Lipinski definition) is 3. The number of nitrogens with one attached hydrogen (secondary N) is 2. The van der Waals surface area contributed by atoms with E-state index < -0.39 is 0 Å². The molecule has 0 amide bonds. The van der Waals surface area contributed by atoms with Crippen molar-refractivity contribution in [3.63, 3.8) is 0 Å². The van der Waals surface area contributed by atoms with E-state index in [0.717, 1.165) is 5.69 Å². The molecule has 2 aromatic carbocycles. The van der Waals surface area contributed by atoms with Crippen molar-refractivity contribution in [2.45, 2.75) is 0 Å². The van der Waals surface area contributed by atoms with Crippen LogP contribution >= 0.6 is 0 Å². The molecule has 0 aliphatic rings. The van der Waals surface area contributed by atoms with Crippen LogP contribution < -0.4 is 10.1 Å². The Balaban J connectivity index is 2.18. The molecule has 4 heteroatoms. The highest BCUT2D eigenvalue weighted by molar-refractivity contribution is 6.07. The van der Waals surface area contributed by atoms with Crippen molar-refractivity contribution >= 4 is 11.5 Å². The lowest BCUT2D eigenvalue weighted by molar-refractivity contribution is 0.414. The van der Waals surface area contributed by atoms with Gasteiger partial charge in [-0.15, -0.1) is 0 Å². The Morgan fingerprint density at radius 1 is 1.16 bits per heavy atom. The number of amidine groups is 1. The van der Waals surface area contributed by atoms with E-state index in [0.29, 0.717) is 16.9 Å². The minimum absolute atomic E-state index is 0.252. The fourth-order valence-corrected chi connectivity index (χ4v) is 1.69. The Morgan fingerprint density at radius 3 is 2.47 bits per heavy atom. The molecule has 0 spiro atoms. The minimum atomic E-state index is 0.252. The van der Waals surface area contributed by atoms with E-state index in [4.69, 9.17) is 15.4 Å². The lowest BCUT2D eigenvalue weighted by atomic mass is 10.1. The van der Waals surface area contributed by atoms with Gasteiger partial charge in [-0.25, -0.2) is 0 Å². The second-order valence-electron chi connectivity index (χ2n) is 3.89. The van der Waals surface area contributed by atoms with E-state index in [2.05, 4.69) is 11.4 Å². The summed E-state index contributed by atoms with van der Waals surface area (Å²) >= 11 is 0. The number of benzene rings is 2. The predicted molar refractivity (Wildman–Crippen MR) is 74.6 cm³/mol. The molecule has 2 aromatic rings. The molecule has 0 aliphatic heterocycles. The van der Waals surface area contributed by atoms with Crippen LogP contribution in [0, 0.1) is 16.7 Å². The van der Waals surface area contributed by atoms with Crippen molar-refractivity contribution < 1.29 is 4.74 Å². The van der Waals surface area contributed by atoms with E-state index in [1.54, 1.807) is 31.4 Å². The van der Waals surface area contributed by atoms with Crippen LogP contribution in [0.15, 0.2) is 48.5 Å². The SMILES string of the molecule is COc1ccccc1C(=N)Nc1ccc(C#N)cc1. The van der Waals surface area contributed by atoms with E-state index in [9.17, 15) is 0 Å². The standard InChI is InChI=1S/C15H13N3O/c1-19-14-5-3-2-4-13(14)15(17)18-12-8-6-11(10-16)7-9-12/h2-9H,1H3,(H2,17,18). The summed E-state index contributed by atoms with van der Waals surface area (Å²) in [7, 11) is 1.58. The van der Waals surface area contributed by atoms with Crippen molar-refractivity contribution in [3.8, 4) is 11.8 Å². The minimum Gasteiger partial charge on any atom is -0.496 e. The van der Waals surface area contributed by atoms with Gasteiger partial charge < -0.3 is 10.1 Å². The van der Waals surface area contributed by atoms with Crippen molar-refractivity contribution in [1.82, 2.24) is 0 Å². The number of hydrogen-bond donors (Lipinski definition) is 2. The third kappa shape index (κ3) is 2.90. The summed E-state index contributed by atoms with van der Waals surface area (Å²) in [4.78, 5) is 0. The smallest absolute Gasteiger partial charge is 0.133 e. The molecule has 0 atom stereocenters. The summed E-state index contributed by atoms with van der Waals surface area (Å²) in [5.74, 6) is 0.899. The monoisotopic (exact) mass is 251 g/mol. The molecule has 0 saturated heterocycles. The molecule has 0 heterocycles. The molecule has 94 valence electrons. The molecule has 0 aliphatic carbocycles. The second kappa shape index (κ2) is 5.69. The lowest BCUT2D eigenvalue weighted by Gasteiger charge is -2.11. The second-order valence-corrected chi connectivity index (χ2v) is 3.89. The first-order valence-electron chi connectivity index (χ1n) is 5.73. The van der Waals surface area contributed by atoms with Gasteiger partial charge in [-0.3, -0.25) is 5.41 Å². The van der Waals surface area contributed by atoms with E-state index in [-0.39, 0.29) is 5.84 Å². The fourth-order valence-electron chi connectivity index (χ4n) is 1.69. The van der Waals surface area contributed by atoms with Gasteiger partial charge in [0.1, 0.15) is 11.6 Å². The van der Waals surface area contributed by atoms with Crippen molar-refractivity contribution in [2.24, 2.45) is 0 Å². The molecular formula is C15H13N3O. The first-order valence-corrected chi connectivity index (χ1v) is 5.73. The zero-order chi connectivity index (χ0) is 13.7. The van der Waals surface area contributed by atoms with Crippen molar-refractivity contribution in [2.75, 3.05) is 12.4 Å². The van der Waals surface area contributed by atoms with Gasteiger partial charge in [0.15, 0.2) is 0 Å². The van der Waals surface area contributed by atoms with Gasteiger partial charge in [0.05, 0.1) is 24.3 Å². The molecular weight excluding hydrogens is 238 g/mol. The quantitative estimate of drug-likeness (QED) is 0.650. The van der Waals surface area contributed by atoms with Gasteiger partial charge in [-0.2, -0.15) is 5.26 Å². The van der Waals surface area contributed by atoms with E-state index >= 15 is 0 Å². The van der Waals surface area contributed by atoms with Crippen molar-refractivity contribution in [1.29, 1.82) is 10.7 Å². The van der Waals surface area contributed by atoms with E-state index in [1.807, 2.05) is 24.3 Å². The zero-order valence-electron chi connectivity index (χ0n) is 10.5. The Hall–Kier alpha value is -2.80. The molecule has 0 bridgehead atoms. The largest absolute Gasteiger partial charge is 0.496 e. The summed E-state index contributed by atoms with van der Waals surface area (Å²) in [6.45, 7) is 0. The van der Waals surface area contributed by atoms with Crippen LogP contribution in [-0.4, -0.2) is 12.9 Å². The molecule has 0 fully saturated rings. The summed E-state index contributed by atoms with van der Waals surface area (Å²) in [5.41, 5.74) is 2.04. The van der Waals surface area contributed by atoms with Gasteiger partial charge >= 0.3 is 0 Å². The highest BCUT2D eigenvalue weighted by Gasteiger charge is 2.07. The highest BCUT2D eigenvalue weighted by atomic mass is 16.5. The van der Waals surface area contributed by atoms with Crippen LogP contribution in [0.4, 0.5) is 5.69 Å². The summed E-state index contributed by atoms with van der Waals surface area (Å²) in [6, 6.07) is 16.3. The maximum atomic E-state index is 8.73. The maximum Gasteiger partial charge on any atom is 0.133 e. The number of nitriles is 1. The molecule has 4 nitrogen and oxygen atoms in total. The number of rotatable bonds is 3. The molecule has 0 radical (unpaired) electrons. The van der Waals surface area contributed by atoms with Gasteiger partial charge in [-0.1, -0.05) is 12.1 Å². The van der Waals surface area contributed by atoms with Crippen LogP contribution in [0.2, 0.25) is 0 Å². The number of nitrogens with zero attached hydrogens (tertiary/aromatic N) is 1. The Kier molecular flexibility index (Phi) is 3.79. The molecule has 2 rings (SSSR count). The predicted octanol–water partition coefficient (Wildman–Crippen LogP) is 3.00. The molecule has 2 N–H and O–H groups in total. The molecule has 0 unspecified atom stereocenters. The van der Waals surface area contributed by atoms with Crippen LogP contribution in [-0.2, 0) is 0 Å². The van der Waals surface area contributed by atoms with Gasteiger partial charge in [0.2, 0.25) is 0 Å². The summed E-state index contributed by atoms with van der Waals surface area (Å²) < 4.78 is 5.22. The molecule has 0 aromatic heterocycles. The van der Waals surface area contributed by atoms with Crippen LogP contribution in [0.5, 0.6) is 5.75 Å². The van der Waals surface area contributed by atoms with Crippen LogP contribution in [0.25, 0.3) is 0 Å². The van der Waals surface area contributed by atoms with Crippen LogP contribution in [0.3, 0.4) is 0 Å². The van der Waals surface area contributed by atoms with Gasteiger partial charge in [0.25, 0.3) is 0 Å². The Bertz CT molecular complexity index is 627. The first kappa shape index (κ1) is 12.7. The first-order chi connectivity index (χ1) is 9.24. The number of ether oxygens (including phenoxy) is 1. The Morgan fingerprint density at radius 2 is 1.84 bits per heavy atom. The third-order valence-electron chi connectivity index (χ3n) is 2.66. The van der Waals surface area contributed by atoms with Gasteiger partial charge in [0, 0.05) is 5.69 Å². The Labute approximate surface area is 111 Å². The third-order valence-corrected chi connectivity index (χ3v) is 2.66. The van der Waals surface area contributed by atoms with Gasteiger partial charge in [-0.05, 0) is 36.4 Å². The maximum absolute atomic E-state index is 8.73. The normalized spacial score (nSPS) is 9.47. The molecule has 0 saturated carbocycles. The summed E-state index contributed by atoms with van der Waals surface area (Å²) in [6.07, 6.45) is 0. The highest BCUT2D eigenvalue weighted by Crippen LogP contribution is 2.19. The average Bonchev–Trinajstić information content (AvgIpc) is 2.48. The topological polar surface area (TPSA) is 68.9 Å². The average molecular weight is 251 g/mol. The van der Waals surface area contributed by atoms with Crippen molar-refractivity contribution in [3.05, 3.63) is 59.7 Å². The number of methoxy groups -OCH3 is 1. The fraction of sp³-hybridized carbons (Fsp3) is 0.0667. The van der Waals surface area contributed by atoms with Crippen LogP contribution in [0.1, 0.15) is 11.1 Å². The lowest BCUT2D eigenvalue weighted by Crippen LogP contribution is -2.13. The number of para-hydroxylation sites is 1. The van der Waals surface area contributed by atoms with E-state index in [1.165, 1.54) is 0 Å². The number of anilines is 1. The summed E-state index contributed by atoms with van der Waals surface area (Å²) in [5, 5.41) is 19.8. The zero-order valence-corrected chi connectivity index (χ0v) is 10.5. The molecule has 19 heavy (non-hydrogen) atoms.